The number of carbonyl (C=O) groups is 6. The Kier molecular flexibility index (Phi) is 8.94. The largest absolute Gasteiger partial charge is 0.479 e. The predicted octanol–water partition coefficient (Wildman–Crippen LogP) is -2.17. The van der Waals surface area contributed by atoms with Crippen LogP contribution in [0.1, 0.15) is 24.5 Å². The first-order valence-corrected chi connectivity index (χ1v) is 8.55. The highest BCUT2D eigenvalue weighted by molar-refractivity contribution is 5.94. The average Bonchev–Trinajstić information content (AvgIpc) is 2.70. The fourth-order valence-corrected chi connectivity index (χ4v) is 2.23. The molecule has 0 fully saturated rings. The minimum absolute atomic E-state index is 0.0408. The van der Waals surface area contributed by atoms with Gasteiger partial charge in [0.2, 0.25) is 6.10 Å². The van der Waals surface area contributed by atoms with Crippen molar-refractivity contribution >= 4 is 35.8 Å². The minimum atomic E-state index is -3.26. The standard InChI is InChI=1S/C18H18O14/c19-9(31-13(15(25)26)12(22)14(23)24)6-18(30,17(28)29)7-10(20)32-16(27)11(21)8-4-2-1-3-5-8/h1-5,11-13,21-22,30H,6-7H2,(H,23,24)(H,25,26)(H,28,29)/t11-,12?,13?,18?/m1/s1. The van der Waals surface area contributed by atoms with Crippen LogP contribution in [0.2, 0.25) is 0 Å². The molecule has 1 aromatic rings. The third kappa shape index (κ3) is 7.12. The van der Waals surface area contributed by atoms with E-state index >= 15 is 0 Å². The van der Waals surface area contributed by atoms with Gasteiger partial charge in [0.1, 0.15) is 0 Å². The minimum Gasteiger partial charge on any atom is -0.479 e. The van der Waals surface area contributed by atoms with Crippen molar-refractivity contribution < 1.29 is 68.9 Å². The SMILES string of the molecule is O=C(CC(O)(CC(=O)OC(C(=O)O)C(O)C(=O)O)C(=O)O)OC(=O)[C@H](O)c1ccccc1. The molecule has 4 atom stereocenters. The fourth-order valence-electron chi connectivity index (χ4n) is 2.23. The number of benzene rings is 1. The molecule has 0 saturated carbocycles. The Balaban J connectivity index is 2.85. The summed E-state index contributed by atoms with van der Waals surface area (Å²) in [5.74, 6) is -11.3. The van der Waals surface area contributed by atoms with Gasteiger partial charge in [-0.05, 0) is 5.56 Å². The van der Waals surface area contributed by atoms with Gasteiger partial charge in [-0.3, -0.25) is 9.59 Å². The summed E-state index contributed by atoms with van der Waals surface area (Å²) in [6, 6.07) is 7.15. The molecule has 14 heteroatoms. The molecule has 0 radical (unpaired) electrons. The van der Waals surface area contributed by atoms with Crippen molar-refractivity contribution in [1.29, 1.82) is 0 Å². The van der Waals surface area contributed by atoms with Crippen molar-refractivity contribution in [2.24, 2.45) is 0 Å². The molecule has 0 aliphatic rings. The highest BCUT2D eigenvalue weighted by Crippen LogP contribution is 2.20. The molecule has 0 aliphatic carbocycles. The molecule has 0 spiro atoms. The van der Waals surface area contributed by atoms with Gasteiger partial charge in [0.05, 0.1) is 12.8 Å². The van der Waals surface area contributed by atoms with Gasteiger partial charge in [0.15, 0.2) is 17.8 Å². The Morgan fingerprint density at radius 2 is 1.38 bits per heavy atom. The maximum atomic E-state index is 11.9. The number of carbonyl (C=O) groups excluding carboxylic acids is 3. The van der Waals surface area contributed by atoms with Crippen LogP contribution in [0.3, 0.4) is 0 Å². The second kappa shape index (κ2) is 10.9. The predicted molar refractivity (Wildman–Crippen MR) is 95.5 cm³/mol. The summed E-state index contributed by atoms with van der Waals surface area (Å²) >= 11 is 0. The molecule has 6 N–H and O–H groups in total. The van der Waals surface area contributed by atoms with Crippen molar-refractivity contribution in [2.75, 3.05) is 0 Å². The Labute approximate surface area is 178 Å². The average molecular weight is 458 g/mol. The topological polar surface area (TPSA) is 242 Å². The number of ether oxygens (including phenoxy) is 2. The third-order valence-corrected chi connectivity index (χ3v) is 3.87. The number of hydrogen-bond donors (Lipinski definition) is 6. The normalized spacial score (nSPS) is 15.3. The number of hydrogen-bond acceptors (Lipinski definition) is 11. The van der Waals surface area contributed by atoms with Crippen LogP contribution in [0.25, 0.3) is 0 Å². The van der Waals surface area contributed by atoms with Crippen molar-refractivity contribution in [3.05, 3.63) is 35.9 Å². The number of carboxylic acids is 3. The zero-order valence-corrected chi connectivity index (χ0v) is 16.0. The summed E-state index contributed by atoms with van der Waals surface area (Å²) in [4.78, 5) is 68.5. The Hall–Kier alpha value is -3.88. The highest BCUT2D eigenvalue weighted by atomic mass is 16.6. The van der Waals surface area contributed by atoms with E-state index in [9.17, 15) is 44.1 Å². The van der Waals surface area contributed by atoms with Crippen molar-refractivity contribution in [2.45, 2.75) is 36.8 Å². The molecule has 0 aromatic heterocycles. The van der Waals surface area contributed by atoms with Crippen LogP contribution in [-0.4, -0.2) is 84.3 Å². The quantitative estimate of drug-likeness (QED) is 0.153. The Morgan fingerprint density at radius 1 is 0.844 bits per heavy atom. The zero-order chi connectivity index (χ0) is 24.6. The Bertz CT molecular complexity index is 894. The van der Waals surface area contributed by atoms with Gasteiger partial charge in [0, 0.05) is 0 Å². The smallest absolute Gasteiger partial charge is 0.348 e. The summed E-state index contributed by atoms with van der Waals surface area (Å²) < 4.78 is 8.46. The van der Waals surface area contributed by atoms with Crippen molar-refractivity contribution in [3.63, 3.8) is 0 Å². The summed E-state index contributed by atoms with van der Waals surface area (Å²) in [6.45, 7) is 0. The van der Waals surface area contributed by atoms with Crippen LogP contribution in [-0.2, 0) is 38.2 Å². The second-order valence-corrected chi connectivity index (χ2v) is 6.33. The van der Waals surface area contributed by atoms with E-state index in [1.807, 2.05) is 0 Å². The van der Waals surface area contributed by atoms with Gasteiger partial charge in [-0.2, -0.15) is 0 Å². The van der Waals surface area contributed by atoms with Gasteiger partial charge in [0.25, 0.3) is 0 Å². The first kappa shape index (κ1) is 26.2. The van der Waals surface area contributed by atoms with Crippen molar-refractivity contribution in [1.82, 2.24) is 0 Å². The number of aliphatic hydroxyl groups excluding tert-OH is 2. The number of rotatable bonds is 11. The molecule has 0 amide bonds. The number of aliphatic hydroxyl groups is 3. The van der Waals surface area contributed by atoms with Crippen LogP contribution in [0.4, 0.5) is 0 Å². The molecule has 1 aromatic carbocycles. The molecule has 3 unspecified atom stereocenters. The van der Waals surface area contributed by atoms with E-state index in [0.29, 0.717) is 0 Å². The molecule has 0 aliphatic heterocycles. The van der Waals surface area contributed by atoms with Crippen LogP contribution in [0.5, 0.6) is 0 Å². The number of carboxylic acid groups (broad SMARTS) is 3. The van der Waals surface area contributed by atoms with E-state index in [4.69, 9.17) is 15.3 Å². The van der Waals surface area contributed by atoms with Crippen molar-refractivity contribution in [3.8, 4) is 0 Å². The first-order valence-electron chi connectivity index (χ1n) is 8.55. The molecule has 0 bridgehead atoms. The molecular formula is C18H18O14. The molecule has 0 saturated heterocycles. The fraction of sp³-hybridized carbons (Fsp3) is 0.333. The van der Waals surface area contributed by atoms with Gasteiger partial charge in [-0.1, -0.05) is 30.3 Å². The summed E-state index contributed by atoms with van der Waals surface area (Å²) in [5.41, 5.74) is -3.22. The van der Waals surface area contributed by atoms with Crippen LogP contribution >= 0.6 is 0 Å². The van der Waals surface area contributed by atoms with Gasteiger partial charge >= 0.3 is 35.8 Å². The molecular weight excluding hydrogens is 440 g/mol. The number of esters is 3. The summed E-state index contributed by atoms with van der Waals surface area (Å²) in [7, 11) is 0. The van der Waals surface area contributed by atoms with E-state index in [0.717, 1.165) is 0 Å². The van der Waals surface area contributed by atoms with Crippen LogP contribution < -0.4 is 0 Å². The van der Waals surface area contributed by atoms with E-state index in [1.165, 1.54) is 24.3 Å². The molecule has 14 nitrogen and oxygen atoms in total. The van der Waals surface area contributed by atoms with Crippen LogP contribution in [0.15, 0.2) is 30.3 Å². The summed E-state index contributed by atoms with van der Waals surface area (Å²) in [5, 5.41) is 55.7. The van der Waals surface area contributed by atoms with E-state index in [1.54, 1.807) is 6.07 Å². The maximum absolute atomic E-state index is 11.9. The first-order chi connectivity index (χ1) is 14.8. The molecule has 0 heterocycles. The molecule has 32 heavy (non-hydrogen) atoms. The maximum Gasteiger partial charge on any atom is 0.348 e. The number of aliphatic carboxylic acids is 3. The molecule has 174 valence electrons. The van der Waals surface area contributed by atoms with Crippen LogP contribution in [0, 0.1) is 0 Å². The van der Waals surface area contributed by atoms with E-state index in [2.05, 4.69) is 9.47 Å². The zero-order valence-electron chi connectivity index (χ0n) is 16.0. The van der Waals surface area contributed by atoms with Gasteiger partial charge < -0.3 is 40.1 Å². The Morgan fingerprint density at radius 3 is 1.84 bits per heavy atom. The third-order valence-electron chi connectivity index (χ3n) is 3.87. The molecule has 1 rings (SSSR count). The summed E-state index contributed by atoms with van der Waals surface area (Å²) in [6.07, 6.45) is -10.4. The lowest BCUT2D eigenvalue weighted by atomic mass is 9.95. The lowest BCUT2D eigenvalue weighted by molar-refractivity contribution is -0.185. The van der Waals surface area contributed by atoms with E-state index in [-0.39, 0.29) is 5.56 Å². The lowest BCUT2D eigenvalue weighted by Crippen LogP contribution is -2.47. The van der Waals surface area contributed by atoms with Gasteiger partial charge in [-0.25, -0.2) is 19.2 Å². The van der Waals surface area contributed by atoms with E-state index < -0.39 is 72.6 Å². The highest BCUT2D eigenvalue weighted by Gasteiger charge is 2.44. The second-order valence-electron chi connectivity index (χ2n) is 6.33. The lowest BCUT2D eigenvalue weighted by Gasteiger charge is -2.23. The van der Waals surface area contributed by atoms with Gasteiger partial charge in [-0.15, -0.1) is 0 Å². The monoisotopic (exact) mass is 458 g/mol.